The summed E-state index contributed by atoms with van der Waals surface area (Å²) in [5, 5.41) is 1.05. The first-order valence-electron chi connectivity index (χ1n) is 4.75. The highest BCUT2D eigenvalue weighted by atomic mass is 79.9. The highest BCUT2D eigenvalue weighted by molar-refractivity contribution is 9.10. The van der Waals surface area contributed by atoms with E-state index in [9.17, 15) is 0 Å². The fourth-order valence-electron chi connectivity index (χ4n) is 1.58. The lowest BCUT2D eigenvalue weighted by atomic mass is 10.3. The molecule has 5 heteroatoms. The summed E-state index contributed by atoms with van der Waals surface area (Å²) in [4.78, 5) is 12.7. The van der Waals surface area contributed by atoms with Crippen molar-refractivity contribution >= 4 is 27.0 Å². The summed E-state index contributed by atoms with van der Waals surface area (Å²) in [6.07, 6.45) is 7.10. The zero-order valence-corrected chi connectivity index (χ0v) is 9.79. The molecule has 0 aliphatic carbocycles. The van der Waals surface area contributed by atoms with E-state index in [1.165, 1.54) is 0 Å². The molecule has 4 nitrogen and oxygen atoms in total. The molecule has 0 saturated heterocycles. The van der Waals surface area contributed by atoms with Gasteiger partial charge in [0.15, 0.2) is 0 Å². The summed E-state index contributed by atoms with van der Waals surface area (Å²) in [6.45, 7) is 0. The molecule has 0 radical (unpaired) electrons. The second-order valence-corrected chi connectivity index (χ2v) is 4.12. The van der Waals surface area contributed by atoms with Gasteiger partial charge in [0.25, 0.3) is 0 Å². The number of rotatable bonds is 1. The predicted octanol–water partition coefficient (Wildman–Crippen LogP) is 2.58. The van der Waals surface area contributed by atoms with Gasteiger partial charge in [-0.25, -0.2) is 15.0 Å². The largest absolute Gasteiger partial charge is 0.269 e. The van der Waals surface area contributed by atoms with Gasteiger partial charge in [0, 0.05) is 34.6 Å². The number of nitrogens with zero attached hydrogens (tertiary/aromatic N) is 4. The molecule has 0 atom stereocenters. The van der Waals surface area contributed by atoms with Crippen molar-refractivity contribution in [2.24, 2.45) is 0 Å². The summed E-state index contributed by atoms with van der Waals surface area (Å²) in [7, 11) is 0. The number of hydrogen-bond donors (Lipinski definition) is 0. The van der Waals surface area contributed by atoms with Crippen LogP contribution in [0.15, 0.2) is 47.5 Å². The van der Waals surface area contributed by atoms with Crippen LogP contribution in [0.3, 0.4) is 0 Å². The van der Waals surface area contributed by atoms with Gasteiger partial charge < -0.3 is 0 Å². The quantitative estimate of drug-likeness (QED) is 0.685. The van der Waals surface area contributed by atoms with E-state index in [4.69, 9.17) is 0 Å². The minimum atomic E-state index is 0.628. The van der Waals surface area contributed by atoms with E-state index in [1.807, 2.05) is 22.9 Å². The van der Waals surface area contributed by atoms with E-state index in [0.717, 1.165) is 15.5 Å². The summed E-state index contributed by atoms with van der Waals surface area (Å²) < 4.78 is 2.88. The van der Waals surface area contributed by atoms with Gasteiger partial charge in [-0.15, -0.1) is 0 Å². The Kier molecular flexibility index (Phi) is 2.18. The maximum Gasteiger partial charge on any atom is 0.235 e. The Bertz CT molecular complexity index is 633. The van der Waals surface area contributed by atoms with Crippen LogP contribution in [0, 0.1) is 0 Å². The first kappa shape index (κ1) is 9.47. The zero-order chi connectivity index (χ0) is 11.0. The molecular weight excluding hydrogens is 268 g/mol. The van der Waals surface area contributed by atoms with Gasteiger partial charge in [0.2, 0.25) is 5.95 Å². The fourth-order valence-corrected chi connectivity index (χ4v) is 2.01. The number of hydrogen-bond acceptors (Lipinski definition) is 3. The van der Waals surface area contributed by atoms with Crippen molar-refractivity contribution in [2.45, 2.75) is 0 Å². The summed E-state index contributed by atoms with van der Waals surface area (Å²) in [6, 6.07) is 5.69. The van der Waals surface area contributed by atoms with Gasteiger partial charge in [-0.2, -0.15) is 0 Å². The Balaban J connectivity index is 2.30. The Morgan fingerprint density at radius 1 is 1.00 bits per heavy atom. The summed E-state index contributed by atoms with van der Waals surface area (Å²) in [5.41, 5.74) is 0.848. The highest BCUT2D eigenvalue weighted by Gasteiger charge is 2.07. The third kappa shape index (κ3) is 1.40. The normalized spacial score (nSPS) is 10.8. The SMILES string of the molecule is Brc1ccnc2c1ccn2-c1ncccn1. The lowest BCUT2D eigenvalue weighted by Gasteiger charge is -2.01. The molecule has 0 fully saturated rings. The Morgan fingerprint density at radius 3 is 2.62 bits per heavy atom. The maximum absolute atomic E-state index is 4.33. The average molecular weight is 275 g/mol. The van der Waals surface area contributed by atoms with Crippen LogP contribution in [0.1, 0.15) is 0 Å². The fraction of sp³-hybridized carbons (Fsp3) is 0. The van der Waals surface area contributed by atoms with Crippen LogP contribution in [0.4, 0.5) is 0 Å². The van der Waals surface area contributed by atoms with Crippen LogP contribution in [0.2, 0.25) is 0 Å². The molecule has 0 aliphatic heterocycles. The third-order valence-electron chi connectivity index (χ3n) is 2.30. The predicted molar refractivity (Wildman–Crippen MR) is 64.4 cm³/mol. The molecule has 0 saturated carbocycles. The molecule has 0 bridgehead atoms. The van der Waals surface area contributed by atoms with Gasteiger partial charge >= 0.3 is 0 Å². The maximum atomic E-state index is 4.33. The molecule has 3 heterocycles. The molecule has 0 amide bonds. The van der Waals surface area contributed by atoms with Crippen molar-refractivity contribution in [3.8, 4) is 5.95 Å². The molecule has 0 aliphatic rings. The van der Waals surface area contributed by atoms with Gasteiger partial charge in [-0.1, -0.05) is 0 Å². The van der Waals surface area contributed by atoms with E-state index in [1.54, 1.807) is 24.7 Å². The minimum Gasteiger partial charge on any atom is -0.269 e. The van der Waals surface area contributed by atoms with Gasteiger partial charge in [-0.05, 0) is 34.1 Å². The number of pyridine rings is 1. The van der Waals surface area contributed by atoms with E-state index in [0.29, 0.717) is 5.95 Å². The lowest BCUT2D eigenvalue weighted by molar-refractivity contribution is 0.949. The molecule has 3 aromatic heterocycles. The Morgan fingerprint density at radius 2 is 1.81 bits per heavy atom. The second-order valence-electron chi connectivity index (χ2n) is 3.26. The molecule has 0 N–H and O–H groups in total. The Hall–Kier alpha value is -1.75. The second kappa shape index (κ2) is 3.68. The number of fused-ring (bicyclic) bond motifs is 1. The summed E-state index contributed by atoms with van der Waals surface area (Å²) in [5.74, 6) is 0.628. The van der Waals surface area contributed by atoms with Crippen molar-refractivity contribution in [3.63, 3.8) is 0 Å². The standard InChI is InChI=1S/C11H7BrN4/c12-9-2-6-13-10-8(9)3-7-16(10)11-14-4-1-5-15-11/h1-7H. The Labute approximate surface area is 100 Å². The molecule has 16 heavy (non-hydrogen) atoms. The topological polar surface area (TPSA) is 43.6 Å². The number of aromatic nitrogens is 4. The van der Waals surface area contributed by atoms with E-state index in [-0.39, 0.29) is 0 Å². The minimum absolute atomic E-state index is 0.628. The van der Waals surface area contributed by atoms with E-state index >= 15 is 0 Å². The molecule has 3 rings (SSSR count). The van der Waals surface area contributed by atoms with Crippen LogP contribution >= 0.6 is 15.9 Å². The lowest BCUT2D eigenvalue weighted by Crippen LogP contribution is -1.99. The van der Waals surface area contributed by atoms with Crippen LogP contribution < -0.4 is 0 Å². The molecule has 3 aromatic rings. The van der Waals surface area contributed by atoms with Gasteiger partial charge in [-0.3, -0.25) is 4.57 Å². The average Bonchev–Trinajstić information content (AvgIpc) is 2.75. The number of halogens is 1. The van der Waals surface area contributed by atoms with Crippen LogP contribution in [0.5, 0.6) is 0 Å². The monoisotopic (exact) mass is 274 g/mol. The zero-order valence-electron chi connectivity index (χ0n) is 8.21. The molecule has 0 aromatic carbocycles. The first-order valence-corrected chi connectivity index (χ1v) is 5.54. The third-order valence-corrected chi connectivity index (χ3v) is 2.99. The van der Waals surface area contributed by atoms with Crippen molar-refractivity contribution in [1.29, 1.82) is 0 Å². The molecule has 0 spiro atoms. The van der Waals surface area contributed by atoms with Crippen LogP contribution in [-0.2, 0) is 0 Å². The van der Waals surface area contributed by atoms with Crippen molar-refractivity contribution in [3.05, 3.63) is 47.5 Å². The van der Waals surface area contributed by atoms with Crippen LogP contribution in [0.25, 0.3) is 17.0 Å². The first-order chi connectivity index (χ1) is 7.86. The van der Waals surface area contributed by atoms with E-state index < -0.39 is 0 Å². The van der Waals surface area contributed by atoms with E-state index in [2.05, 4.69) is 30.9 Å². The molecule has 78 valence electrons. The van der Waals surface area contributed by atoms with Gasteiger partial charge in [0.05, 0.1) is 0 Å². The molecule has 0 unspecified atom stereocenters. The van der Waals surface area contributed by atoms with Crippen molar-refractivity contribution in [1.82, 2.24) is 19.5 Å². The van der Waals surface area contributed by atoms with Gasteiger partial charge in [0.1, 0.15) is 5.65 Å². The highest BCUT2D eigenvalue weighted by Crippen LogP contribution is 2.23. The van der Waals surface area contributed by atoms with Crippen LogP contribution in [-0.4, -0.2) is 19.5 Å². The van der Waals surface area contributed by atoms with Crippen molar-refractivity contribution < 1.29 is 0 Å². The van der Waals surface area contributed by atoms with Crippen molar-refractivity contribution in [2.75, 3.05) is 0 Å². The smallest absolute Gasteiger partial charge is 0.235 e. The molecular formula is C11H7BrN4. The summed E-state index contributed by atoms with van der Waals surface area (Å²) >= 11 is 3.49.